The van der Waals surface area contributed by atoms with E-state index in [0.717, 1.165) is 15.7 Å². The Morgan fingerprint density at radius 3 is 2.55 bits per heavy atom. The van der Waals surface area contributed by atoms with Crippen LogP contribution in [0.5, 0.6) is 0 Å². The first-order chi connectivity index (χ1) is 9.41. The number of hydrogen-bond acceptors (Lipinski definition) is 1. The molecule has 0 aliphatic rings. The first-order valence-electron chi connectivity index (χ1n) is 6.21. The molecule has 0 saturated carbocycles. The Morgan fingerprint density at radius 1 is 1.20 bits per heavy atom. The summed E-state index contributed by atoms with van der Waals surface area (Å²) < 4.78 is 0.721. The van der Waals surface area contributed by atoms with Gasteiger partial charge in [-0.15, -0.1) is 0 Å². The molecule has 20 heavy (non-hydrogen) atoms. The number of amides is 1. The van der Waals surface area contributed by atoms with E-state index >= 15 is 0 Å². The summed E-state index contributed by atoms with van der Waals surface area (Å²) in [5.74, 6) is -0.122. The van der Waals surface area contributed by atoms with Gasteiger partial charge in [0.15, 0.2) is 0 Å². The second kappa shape index (κ2) is 5.98. The van der Waals surface area contributed by atoms with Gasteiger partial charge in [0.05, 0.1) is 10.6 Å². The van der Waals surface area contributed by atoms with E-state index in [0.29, 0.717) is 10.6 Å². The van der Waals surface area contributed by atoms with Gasteiger partial charge in [0, 0.05) is 17.2 Å². The molecule has 2 aromatic rings. The fourth-order valence-corrected chi connectivity index (χ4v) is 2.71. The average molecular weight is 353 g/mol. The maximum Gasteiger partial charge on any atom is 0.259 e. The molecule has 0 heterocycles. The molecule has 104 valence electrons. The summed E-state index contributed by atoms with van der Waals surface area (Å²) in [6, 6.07) is 11.4. The molecule has 0 fully saturated rings. The van der Waals surface area contributed by atoms with Crippen molar-refractivity contribution in [2.45, 2.75) is 13.8 Å². The van der Waals surface area contributed by atoms with Crippen LogP contribution < -0.4 is 4.90 Å². The third-order valence-corrected chi connectivity index (χ3v) is 4.50. The van der Waals surface area contributed by atoms with Crippen LogP contribution >= 0.6 is 27.5 Å². The molecule has 2 nitrogen and oxygen atoms in total. The minimum absolute atomic E-state index is 0.122. The lowest BCUT2D eigenvalue weighted by molar-refractivity contribution is 0.0993. The van der Waals surface area contributed by atoms with Gasteiger partial charge in [0.1, 0.15) is 0 Å². The molecule has 0 radical (unpaired) electrons. The first kappa shape index (κ1) is 15.1. The number of hydrogen-bond donors (Lipinski definition) is 0. The highest BCUT2D eigenvalue weighted by atomic mass is 79.9. The van der Waals surface area contributed by atoms with Crippen molar-refractivity contribution in [3.05, 3.63) is 62.6 Å². The monoisotopic (exact) mass is 351 g/mol. The van der Waals surface area contributed by atoms with Crippen molar-refractivity contribution in [1.82, 2.24) is 0 Å². The SMILES string of the molecule is Cc1ccc(N(C)C(=O)c2cccc(Br)c2Cl)c(C)c1. The van der Waals surface area contributed by atoms with Gasteiger partial charge in [-0.3, -0.25) is 4.79 Å². The maximum absolute atomic E-state index is 12.6. The normalized spacial score (nSPS) is 10.4. The zero-order valence-corrected chi connectivity index (χ0v) is 13.9. The van der Waals surface area contributed by atoms with E-state index < -0.39 is 0 Å². The summed E-state index contributed by atoms with van der Waals surface area (Å²) in [7, 11) is 1.76. The van der Waals surface area contributed by atoms with E-state index in [9.17, 15) is 4.79 Å². The highest BCUT2D eigenvalue weighted by Gasteiger charge is 2.18. The quantitative estimate of drug-likeness (QED) is 0.745. The second-order valence-electron chi connectivity index (χ2n) is 4.76. The van der Waals surface area contributed by atoms with Crippen LogP contribution in [0.4, 0.5) is 5.69 Å². The summed E-state index contributed by atoms with van der Waals surface area (Å²) in [4.78, 5) is 14.2. The number of benzene rings is 2. The highest BCUT2D eigenvalue weighted by molar-refractivity contribution is 9.10. The van der Waals surface area contributed by atoms with E-state index in [2.05, 4.69) is 22.0 Å². The zero-order valence-electron chi connectivity index (χ0n) is 11.6. The first-order valence-corrected chi connectivity index (χ1v) is 7.38. The molecule has 0 bridgehead atoms. The number of halogens is 2. The Balaban J connectivity index is 2.40. The standard InChI is InChI=1S/C16H15BrClNO/c1-10-7-8-14(11(2)9-10)19(3)16(20)12-5-4-6-13(17)15(12)18/h4-9H,1-3H3. The number of rotatable bonds is 2. The molecule has 2 aromatic carbocycles. The Labute approximate surface area is 132 Å². The highest BCUT2D eigenvalue weighted by Crippen LogP contribution is 2.29. The minimum atomic E-state index is -0.122. The number of anilines is 1. The molecule has 0 unspecified atom stereocenters. The van der Waals surface area contributed by atoms with Crippen LogP contribution in [0, 0.1) is 13.8 Å². The van der Waals surface area contributed by atoms with E-state index in [4.69, 9.17) is 11.6 Å². The van der Waals surface area contributed by atoms with E-state index in [1.807, 2.05) is 32.0 Å². The number of carbonyl (C=O) groups is 1. The maximum atomic E-state index is 12.6. The topological polar surface area (TPSA) is 20.3 Å². The molecule has 0 aromatic heterocycles. The van der Waals surface area contributed by atoms with Gasteiger partial charge in [-0.25, -0.2) is 0 Å². The van der Waals surface area contributed by atoms with Gasteiger partial charge in [0.2, 0.25) is 0 Å². The number of aryl methyl sites for hydroxylation is 2. The summed E-state index contributed by atoms with van der Waals surface area (Å²) in [6.45, 7) is 4.03. The number of carbonyl (C=O) groups excluding carboxylic acids is 1. The summed E-state index contributed by atoms with van der Waals surface area (Å²) >= 11 is 9.53. The van der Waals surface area contributed by atoms with Crippen LogP contribution in [0.3, 0.4) is 0 Å². The van der Waals surface area contributed by atoms with Crippen molar-refractivity contribution in [1.29, 1.82) is 0 Å². The smallest absolute Gasteiger partial charge is 0.259 e. The average Bonchev–Trinajstić information content (AvgIpc) is 2.40. The van der Waals surface area contributed by atoms with Crippen LogP contribution in [0.1, 0.15) is 21.5 Å². The van der Waals surface area contributed by atoms with Crippen molar-refractivity contribution in [2.24, 2.45) is 0 Å². The van der Waals surface area contributed by atoms with Gasteiger partial charge < -0.3 is 4.90 Å². The van der Waals surface area contributed by atoms with E-state index in [-0.39, 0.29) is 5.91 Å². The van der Waals surface area contributed by atoms with Crippen LogP contribution in [0.2, 0.25) is 5.02 Å². The Hall–Kier alpha value is -1.32. The lowest BCUT2D eigenvalue weighted by Gasteiger charge is -2.20. The van der Waals surface area contributed by atoms with Gasteiger partial charge in [-0.05, 0) is 53.5 Å². The third kappa shape index (κ3) is 2.89. The lowest BCUT2D eigenvalue weighted by Crippen LogP contribution is -2.27. The largest absolute Gasteiger partial charge is 0.311 e. The van der Waals surface area contributed by atoms with Crippen molar-refractivity contribution in [3.63, 3.8) is 0 Å². The molecule has 0 aliphatic carbocycles. The molecule has 0 aliphatic heterocycles. The fourth-order valence-electron chi connectivity index (χ4n) is 2.14. The summed E-state index contributed by atoms with van der Waals surface area (Å²) in [6.07, 6.45) is 0. The molecule has 1 amide bonds. The molecular weight excluding hydrogens is 338 g/mol. The van der Waals surface area contributed by atoms with Crippen molar-refractivity contribution in [2.75, 3.05) is 11.9 Å². The van der Waals surface area contributed by atoms with Crippen molar-refractivity contribution >= 4 is 39.1 Å². The molecule has 0 saturated heterocycles. The fraction of sp³-hybridized carbons (Fsp3) is 0.188. The third-order valence-electron chi connectivity index (χ3n) is 3.20. The molecule has 0 N–H and O–H groups in total. The Kier molecular flexibility index (Phi) is 4.51. The Morgan fingerprint density at radius 2 is 1.90 bits per heavy atom. The summed E-state index contributed by atoms with van der Waals surface area (Å²) in [5, 5.41) is 0.439. The number of nitrogens with zero attached hydrogens (tertiary/aromatic N) is 1. The molecular formula is C16H15BrClNO. The predicted molar refractivity (Wildman–Crippen MR) is 87.8 cm³/mol. The van der Waals surface area contributed by atoms with E-state index in [1.54, 1.807) is 24.1 Å². The van der Waals surface area contributed by atoms with Crippen LogP contribution in [-0.2, 0) is 0 Å². The lowest BCUT2D eigenvalue weighted by atomic mass is 10.1. The second-order valence-corrected chi connectivity index (χ2v) is 5.99. The van der Waals surface area contributed by atoms with Gasteiger partial charge in [-0.2, -0.15) is 0 Å². The van der Waals surface area contributed by atoms with Gasteiger partial charge >= 0.3 is 0 Å². The Bertz CT molecular complexity index is 670. The predicted octanol–water partition coefficient (Wildman–Crippen LogP) is 5.00. The molecule has 0 atom stereocenters. The van der Waals surface area contributed by atoms with Crippen molar-refractivity contribution in [3.8, 4) is 0 Å². The van der Waals surface area contributed by atoms with Crippen LogP contribution in [0.25, 0.3) is 0 Å². The molecule has 4 heteroatoms. The van der Waals surface area contributed by atoms with Crippen LogP contribution in [0.15, 0.2) is 40.9 Å². The van der Waals surface area contributed by atoms with Gasteiger partial charge in [-0.1, -0.05) is 35.4 Å². The summed E-state index contributed by atoms with van der Waals surface area (Å²) in [5.41, 5.74) is 3.61. The van der Waals surface area contributed by atoms with E-state index in [1.165, 1.54) is 5.56 Å². The minimum Gasteiger partial charge on any atom is -0.311 e. The zero-order chi connectivity index (χ0) is 14.9. The van der Waals surface area contributed by atoms with Crippen molar-refractivity contribution < 1.29 is 4.79 Å². The van der Waals surface area contributed by atoms with Gasteiger partial charge in [0.25, 0.3) is 5.91 Å². The molecule has 0 spiro atoms. The molecule has 2 rings (SSSR count). The van der Waals surface area contributed by atoms with Crippen LogP contribution in [-0.4, -0.2) is 13.0 Å².